The van der Waals surface area contributed by atoms with Gasteiger partial charge in [-0.15, -0.1) is 0 Å². The standard InChI is InChI=1S/C13H21ClN2/c1-4-7-15-13(10(2)3)8-12-6-5-11(14)9-16-12/h5-6,9-10,13,15H,4,7-8H2,1-3H3. The number of rotatable bonds is 6. The lowest BCUT2D eigenvalue weighted by Gasteiger charge is -2.21. The van der Waals surface area contributed by atoms with Crippen LogP contribution in [-0.2, 0) is 6.42 Å². The molecule has 1 N–H and O–H groups in total. The molecular weight excluding hydrogens is 220 g/mol. The molecule has 0 saturated heterocycles. The van der Waals surface area contributed by atoms with Gasteiger partial charge in [0.15, 0.2) is 0 Å². The molecule has 3 heteroatoms. The van der Waals surface area contributed by atoms with Gasteiger partial charge in [-0.25, -0.2) is 0 Å². The second-order valence-corrected chi connectivity index (χ2v) is 4.91. The molecular formula is C13H21ClN2. The Bertz CT molecular complexity index is 295. The first kappa shape index (κ1) is 13.5. The van der Waals surface area contributed by atoms with Gasteiger partial charge in [-0.1, -0.05) is 32.4 Å². The SMILES string of the molecule is CCCNC(Cc1ccc(Cl)cn1)C(C)C. The van der Waals surface area contributed by atoms with E-state index in [2.05, 4.69) is 31.1 Å². The first-order valence-corrected chi connectivity index (χ1v) is 6.35. The summed E-state index contributed by atoms with van der Waals surface area (Å²) in [6, 6.07) is 4.40. The Morgan fingerprint density at radius 2 is 2.12 bits per heavy atom. The predicted octanol–water partition coefficient (Wildman–Crippen LogP) is 3.30. The summed E-state index contributed by atoms with van der Waals surface area (Å²) in [6.07, 6.45) is 3.85. The summed E-state index contributed by atoms with van der Waals surface area (Å²) in [5.74, 6) is 0.615. The van der Waals surface area contributed by atoms with Gasteiger partial charge in [0.2, 0.25) is 0 Å². The predicted molar refractivity (Wildman–Crippen MR) is 69.9 cm³/mol. The van der Waals surface area contributed by atoms with E-state index < -0.39 is 0 Å². The van der Waals surface area contributed by atoms with Gasteiger partial charge in [0.1, 0.15) is 0 Å². The summed E-state index contributed by atoms with van der Waals surface area (Å²) in [6.45, 7) is 7.73. The van der Waals surface area contributed by atoms with E-state index in [4.69, 9.17) is 11.6 Å². The van der Waals surface area contributed by atoms with Gasteiger partial charge < -0.3 is 5.32 Å². The molecule has 1 unspecified atom stereocenters. The van der Waals surface area contributed by atoms with Gasteiger partial charge >= 0.3 is 0 Å². The van der Waals surface area contributed by atoms with Crippen molar-refractivity contribution in [3.63, 3.8) is 0 Å². The molecule has 1 aromatic rings. The average Bonchev–Trinajstić information content (AvgIpc) is 2.26. The Hall–Kier alpha value is -0.600. The Kier molecular flexibility index (Phi) is 5.78. The zero-order chi connectivity index (χ0) is 12.0. The third-order valence-corrected chi connectivity index (χ3v) is 2.90. The molecule has 90 valence electrons. The van der Waals surface area contributed by atoms with Crippen molar-refractivity contribution in [1.29, 1.82) is 0 Å². The Morgan fingerprint density at radius 1 is 1.38 bits per heavy atom. The van der Waals surface area contributed by atoms with Crippen molar-refractivity contribution in [3.05, 3.63) is 29.0 Å². The molecule has 0 bridgehead atoms. The minimum atomic E-state index is 0.494. The summed E-state index contributed by atoms with van der Waals surface area (Å²) < 4.78 is 0. The van der Waals surface area contributed by atoms with E-state index in [9.17, 15) is 0 Å². The quantitative estimate of drug-likeness (QED) is 0.825. The van der Waals surface area contributed by atoms with Crippen molar-refractivity contribution in [2.75, 3.05) is 6.54 Å². The van der Waals surface area contributed by atoms with Crippen LogP contribution in [0, 0.1) is 5.92 Å². The highest BCUT2D eigenvalue weighted by Gasteiger charge is 2.13. The maximum absolute atomic E-state index is 5.82. The summed E-state index contributed by atoms with van der Waals surface area (Å²) in [7, 11) is 0. The van der Waals surface area contributed by atoms with Crippen molar-refractivity contribution in [1.82, 2.24) is 10.3 Å². The fourth-order valence-electron chi connectivity index (χ4n) is 1.63. The van der Waals surface area contributed by atoms with Crippen LogP contribution in [0.4, 0.5) is 0 Å². The van der Waals surface area contributed by atoms with Crippen molar-refractivity contribution >= 4 is 11.6 Å². The minimum Gasteiger partial charge on any atom is -0.313 e. The second kappa shape index (κ2) is 6.87. The molecule has 1 heterocycles. The molecule has 16 heavy (non-hydrogen) atoms. The molecule has 0 saturated carbocycles. The number of aromatic nitrogens is 1. The fraction of sp³-hybridized carbons (Fsp3) is 0.615. The number of pyridine rings is 1. The molecule has 1 aromatic heterocycles. The van der Waals surface area contributed by atoms with Gasteiger partial charge in [0, 0.05) is 24.4 Å². The van der Waals surface area contributed by atoms with Crippen LogP contribution in [-0.4, -0.2) is 17.6 Å². The number of halogens is 1. The van der Waals surface area contributed by atoms with Crippen LogP contribution in [0.2, 0.25) is 5.02 Å². The first-order valence-electron chi connectivity index (χ1n) is 5.97. The summed E-state index contributed by atoms with van der Waals surface area (Å²) in [5, 5.41) is 4.26. The van der Waals surface area contributed by atoms with Crippen LogP contribution < -0.4 is 5.32 Å². The molecule has 0 aliphatic heterocycles. The van der Waals surface area contributed by atoms with Crippen molar-refractivity contribution in [2.24, 2.45) is 5.92 Å². The highest BCUT2D eigenvalue weighted by Crippen LogP contribution is 2.11. The minimum absolute atomic E-state index is 0.494. The third kappa shape index (κ3) is 4.50. The fourth-order valence-corrected chi connectivity index (χ4v) is 1.74. The Balaban J connectivity index is 2.57. The van der Waals surface area contributed by atoms with E-state index in [-0.39, 0.29) is 0 Å². The molecule has 0 amide bonds. The molecule has 0 radical (unpaired) electrons. The van der Waals surface area contributed by atoms with Gasteiger partial charge in [-0.05, 0) is 31.0 Å². The lowest BCUT2D eigenvalue weighted by Crippen LogP contribution is -2.36. The number of hydrogen-bond acceptors (Lipinski definition) is 2. The largest absolute Gasteiger partial charge is 0.313 e. The first-order chi connectivity index (χ1) is 7.63. The maximum atomic E-state index is 5.82. The normalized spacial score (nSPS) is 13.1. The van der Waals surface area contributed by atoms with Gasteiger partial charge in [-0.3, -0.25) is 4.98 Å². The Labute approximate surface area is 103 Å². The van der Waals surface area contributed by atoms with Crippen LogP contribution in [0.5, 0.6) is 0 Å². The van der Waals surface area contributed by atoms with E-state index in [1.54, 1.807) is 6.20 Å². The Morgan fingerprint density at radius 3 is 2.62 bits per heavy atom. The second-order valence-electron chi connectivity index (χ2n) is 4.48. The molecule has 1 atom stereocenters. The molecule has 2 nitrogen and oxygen atoms in total. The number of hydrogen-bond donors (Lipinski definition) is 1. The van der Waals surface area contributed by atoms with Gasteiger partial charge in [0.05, 0.1) is 5.02 Å². The van der Waals surface area contributed by atoms with Crippen molar-refractivity contribution < 1.29 is 0 Å². The van der Waals surface area contributed by atoms with Crippen LogP contribution >= 0.6 is 11.6 Å². The monoisotopic (exact) mass is 240 g/mol. The van der Waals surface area contributed by atoms with E-state index in [0.29, 0.717) is 17.0 Å². The van der Waals surface area contributed by atoms with Crippen LogP contribution in [0.25, 0.3) is 0 Å². The topological polar surface area (TPSA) is 24.9 Å². The van der Waals surface area contributed by atoms with Crippen LogP contribution in [0.3, 0.4) is 0 Å². The van der Waals surface area contributed by atoms with Crippen LogP contribution in [0.15, 0.2) is 18.3 Å². The molecule has 0 aromatic carbocycles. The van der Waals surface area contributed by atoms with Gasteiger partial charge in [0.25, 0.3) is 0 Å². The molecule has 0 fully saturated rings. The lowest BCUT2D eigenvalue weighted by atomic mass is 9.99. The number of nitrogens with one attached hydrogen (secondary N) is 1. The van der Waals surface area contributed by atoms with Crippen molar-refractivity contribution in [3.8, 4) is 0 Å². The van der Waals surface area contributed by atoms with E-state index >= 15 is 0 Å². The summed E-state index contributed by atoms with van der Waals surface area (Å²) >= 11 is 5.82. The lowest BCUT2D eigenvalue weighted by molar-refractivity contribution is 0.394. The summed E-state index contributed by atoms with van der Waals surface area (Å²) in [4.78, 5) is 4.34. The van der Waals surface area contributed by atoms with E-state index in [1.807, 2.05) is 12.1 Å². The number of nitrogens with zero attached hydrogens (tertiary/aromatic N) is 1. The highest BCUT2D eigenvalue weighted by atomic mass is 35.5. The molecule has 0 aliphatic carbocycles. The third-order valence-electron chi connectivity index (χ3n) is 2.68. The molecule has 0 spiro atoms. The highest BCUT2D eigenvalue weighted by molar-refractivity contribution is 6.30. The van der Waals surface area contributed by atoms with E-state index in [0.717, 1.165) is 25.1 Å². The average molecular weight is 241 g/mol. The maximum Gasteiger partial charge on any atom is 0.0589 e. The smallest absolute Gasteiger partial charge is 0.0589 e. The zero-order valence-corrected chi connectivity index (χ0v) is 11.1. The summed E-state index contributed by atoms with van der Waals surface area (Å²) in [5.41, 5.74) is 1.10. The van der Waals surface area contributed by atoms with E-state index in [1.165, 1.54) is 0 Å². The van der Waals surface area contributed by atoms with Crippen LogP contribution in [0.1, 0.15) is 32.9 Å². The van der Waals surface area contributed by atoms with Gasteiger partial charge in [-0.2, -0.15) is 0 Å². The molecule has 0 aliphatic rings. The van der Waals surface area contributed by atoms with Crippen molar-refractivity contribution in [2.45, 2.75) is 39.7 Å². The zero-order valence-electron chi connectivity index (χ0n) is 10.3. The molecule has 1 rings (SSSR count).